The van der Waals surface area contributed by atoms with Gasteiger partial charge in [-0.3, -0.25) is 0 Å². The van der Waals surface area contributed by atoms with Crippen molar-refractivity contribution in [3.63, 3.8) is 0 Å². The van der Waals surface area contributed by atoms with E-state index < -0.39 is 11.4 Å². The smallest absolute Gasteiger partial charge is 0.348 e. The van der Waals surface area contributed by atoms with Crippen LogP contribution in [0.3, 0.4) is 0 Å². The Bertz CT molecular complexity index is 924. The van der Waals surface area contributed by atoms with Gasteiger partial charge in [0.25, 0.3) is 0 Å². The van der Waals surface area contributed by atoms with E-state index in [0.29, 0.717) is 22.3 Å². The van der Waals surface area contributed by atoms with Gasteiger partial charge in [0, 0.05) is 10.8 Å². The van der Waals surface area contributed by atoms with Crippen LogP contribution in [0.4, 0.5) is 0 Å². The summed E-state index contributed by atoms with van der Waals surface area (Å²) >= 11 is 0. The lowest BCUT2D eigenvalue weighted by Crippen LogP contribution is -2.01. The molecule has 0 bridgehead atoms. The fourth-order valence-electron chi connectivity index (χ4n) is 2.42. The maximum absolute atomic E-state index is 12.1. The molecule has 6 heteroatoms. The first kappa shape index (κ1) is 11.0. The molecule has 0 unspecified atom stereocenters. The molecule has 0 atom stereocenters. The summed E-state index contributed by atoms with van der Waals surface area (Å²) in [5.41, 5.74) is -0.711. The lowest BCUT2D eigenvalue weighted by atomic mass is 10.1. The van der Waals surface area contributed by atoms with Crippen LogP contribution in [0.25, 0.3) is 21.7 Å². The van der Waals surface area contributed by atoms with Gasteiger partial charge in [0.05, 0.1) is 0 Å². The van der Waals surface area contributed by atoms with Gasteiger partial charge >= 0.3 is 5.63 Å². The zero-order valence-electron chi connectivity index (χ0n) is 10.0. The molecule has 20 heavy (non-hydrogen) atoms. The molecule has 2 aromatic carbocycles. The van der Waals surface area contributed by atoms with E-state index in [4.69, 9.17) is 13.9 Å². The molecule has 0 fully saturated rings. The van der Waals surface area contributed by atoms with Crippen molar-refractivity contribution in [3.05, 3.63) is 34.7 Å². The first-order chi connectivity index (χ1) is 9.66. The topological polar surface area (TPSA) is 89.1 Å². The molecule has 0 radical (unpaired) electrons. The molecule has 4 rings (SSSR count). The summed E-state index contributed by atoms with van der Waals surface area (Å²) in [6.07, 6.45) is 0. The van der Waals surface area contributed by atoms with E-state index in [2.05, 4.69) is 0 Å². The van der Waals surface area contributed by atoms with Crippen LogP contribution in [0.2, 0.25) is 0 Å². The van der Waals surface area contributed by atoms with Crippen molar-refractivity contribution in [3.8, 4) is 23.0 Å². The van der Waals surface area contributed by atoms with Crippen molar-refractivity contribution < 1.29 is 24.1 Å². The van der Waals surface area contributed by atoms with Crippen LogP contribution in [-0.4, -0.2) is 17.0 Å². The zero-order valence-corrected chi connectivity index (χ0v) is 10.0. The highest BCUT2D eigenvalue weighted by atomic mass is 16.7. The van der Waals surface area contributed by atoms with Crippen LogP contribution in [-0.2, 0) is 0 Å². The van der Waals surface area contributed by atoms with Gasteiger partial charge in [0.1, 0.15) is 5.39 Å². The summed E-state index contributed by atoms with van der Waals surface area (Å²) in [7, 11) is 0. The van der Waals surface area contributed by atoms with E-state index in [0.717, 1.165) is 0 Å². The largest absolute Gasteiger partial charge is 0.504 e. The highest BCUT2D eigenvalue weighted by Crippen LogP contribution is 2.42. The molecule has 0 saturated heterocycles. The Kier molecular flexibility index (Phi) is 1.96. The molecule has 2 N–H and O–H groups in total. The van der Waals surface area contributed by atoms with Crippen molar-refractivity contribution in [1.82, 2.24) is 0 Å². The molecule has 6 nitrogen and oxygen atoms in total. The van der Waals surface area contributed by atoms with E-state index in [1.165, 1.54) is 6.07 Å². The van der Waals surface area contributed by atoms with E-state index in [9.17, 15) is 15.0 Å². The van der Waals surface area contributed by atoms with Crippen LogP contribution < -0.4 is 15.1 Å². The maximum atomic E-state index is 12.1. The highest BCUT2D eigenvalue weighted by molar-refractivity contribution is 6.09. The second kappa shape index (κ2) is 3.57. The molecule has 0 aliphatic carbocycles. The number of hydrogen-bond acceptors (Lipinski definition) is 6. The summed E-state index contributed by atoms with van der Waals surface area (Å²) in [4.78, 5) is 12.1. The van der Waals surface area contributed by atoms with E-state index in [-0.39, 0.29) is 23.5 Å². The van der Waals surface area contributed by atoms with E-state index >= 15 is 0 Å². The van der Waals surface area contributed by atoms with E-state index in [1.807, 2.05) is 0 Å². The number of benzene rings is 2. The van der Waals surface area contributed by atoms with Crippen molar-refractivity contribution in [2.75, 3.05) is 6.79 Å². The minimum absolute atomic E-state index is 0.0484. The lowest BCUT2D eigenvalue weighted by molar-refractivity contribution is 0.174. The number of rotatable bonds is 0. The summed E-state index contributed by atoms with van der Waals surface area (Å²) in [6.45, 7) is 0.0484. The van der Waals surface area contributed by atoms with Crippen molar-refractivity contribution in [2.24, 2.45) is 0 Å². The summed E-state index contributed by atoms with van der Waals surface area (Å²) < 4.78 is 15.6. The first-order valence-corrected chi connectivity index (χ1v) is 5.87. The fourth-order valence-corrected chi connectivity index (χ4v) is 2.42. The third kappa shape index (κ3) is 1.25. The Morgan fingerprint density at radius 1 is 1.00 bits per heavy atom. The third-order valence-electron chi connectivity index (χ3n) is 3.34. The molecule has 1 aromatic heterocycles. The molecular weight excluding hydrogens is 264 g/mol. The molecule has 0 spiro atoms. The van der Waals surface area contributed by atoms with Crippen molar-refractivity contribution in [1.29, 1.82) is 0 Å². The number of hydrogen-bond donors (Lipinski definition) is 2. The van der Waals surface area contributed by atoms with Crippen molar-refractivity contribution in [2.45, 2.75) is 0 Å². The average molecular weight is 272 g/mol. The van der Waals surface area contributed by atoms with Crippen LogP contribution in [0.5, 0.6) is 23.0 Å². The average Bonchev–Trinajstić information content (AvgIpc) is 2.91. The Labute approximate surface area is 111 Å². The maximum Gasteiger partial charge on any atom is 0.348 e. The SMILES string of the molecule is O=c1oc2c(O)c(O)ccc2c2ccc3c(c12)OCO3. The third-order valence-corrected chi connectivity index (χ3v) is 3.34. The fraction of sp³-hybridized carbons (Fsp3) is 0.0714. The molecule has 100 valence electrons. The van der Waals surface area contributed by atoms with E-state index in [1.54, 1.807) is 18.2 Å². The van der Waals surface area contributed by atoms with Crippen LogP contribution in [0, 0.1) is 0 Å². The summed E-state index contributed by atoms with van der Waals surface area (Å²) in [6, 6.07) is 6.28. The van der Waals surface area contributed by atoms with Crippen LogP contribution in [0.15, 0.2) is 33.5 Å². The predicted octanol–water partition coefficient (Wildman–Crippen LogP) is 2.09. The second-order valence-corrected chi connectivity index (χ2v) is 4.42. The van der Waals surface area contributed by atoms with Crippen LogP contribution in [0.1, 0.15) is 0 Å². The van der Waals surface area contributed by atoms with Gasteiger partial charge in [-0.05, 0) is 24.3 Å². The quantitative estimate of drug-likeness (QED) is 0.370. The number of fused-ring (bicyclic) bond motifs is 5. The molecule has 0 saturated carbocycles. The number of phenolic OH excluding ortho intramolecular Hbond substituents is 2. The molecule has 1 aliphatic rings. The standard InChI is InChI=1S/C14H8O6/c15-8-3-1-7-6-2-4-9-13(19-5-18-9)10(6)14(17)20-12(7)11(8)16/h1-4,15-16H,5H2. The first-order valence-electron chi connectivity index (χ1n) is 5.87. The van der Waals surface area contributed by atoms with Gasteiger partial charge < -0.3 is 24.1 Å². The van der Waals surface area contributed by atoms with Gasteiger partial charge in [-0.15, -0.1) is 0 Å². The minimum atomic E-state index is -0.657. The highest BCUT2D eigenvalue weighted by Gasteiger charge is 2.22. The number of ether oxygens (including phenoxy) is 2. The van der Waals surface area contributed by atoms with Gasteiger partial charge in [0.2, 0.25) is 12.5 Å². The normalized spacial score (nSPS) is 13.2. The van der Waals surface area contributed by atoms with Gasteiger partial charge in [0.15, 0.2) is 22.8 Å². The lowest BCUT2D eigenvalue weighted by Gasteiger charge is -2.06. The molecule has 3 aromatic rings. The summed E-state index contributed by atoms with van der Waals surface area (Å²) in [5.74, 6) is 0.0118. The Hall–Kier alpha value is -2.89. The Morgan fingerprint density at radius 3 is 2.65 bits per heavy atom. The number of phenols is 2. The summed E-state index contributed by atoms with van der Waals surface area (Å²) in [5, 5.41) is 20.6. The molecule has 1 aliphatic heterocycles. The zero-order chi connectivity index (χ0) is 13.9. The van der Waals surface area contributed by atoms with Gasteiger partial charge in [-0.1, -0.05) is 0 Å². The van der Waals surface area contributed by atoms with Gasteiger partial charge in [-0.25, -0.2) is 4.79 Å². The molecular formula is C14H8O6. The van der Waals surface area contributed by atoms with Crippen LogP contribution >= 0.6 is 0 Å². The van der Waals surface area contributed by atoms with Crippen molar-refractivity contribution >= 4 is 21.7 Å². The predicted molar refractivity (Wildman–Crippen MR) is 69.4 cm³/mol. The minimum Gasteiger partial charge on any atom is -0.504 e. The van der Waals surface area contributed by atoms with Gasteiger partial charge in [-0.2, -0.15) is 0 Å². The molecule has 0 amide bonds. The number of aromatic hydroxyl groups is 2. The Balaban J connectivity index is 2.28. The second-order valence-electron chi connectivity index (χ2n) is 4.42. The molecule has 2 heterocycles. The monoisotopic (exact) mass is 272 g/mol. The Morgan fingerprint density at radius 2 is 1.80 bits per heavy atom.